The number of aromatic nitrogens is 5. The van der Waals surface area contributed by atoms with Gasteiger partial charge in [-0.25, -0.2) is 19.3 Å². The molecule has 3 atom stereocenters. The zero-order valence-electron chi connectivity index (χ0n) is 20.6. The van der Waals surface area contributed by atoms with Crippen LogP contribution in [-0.2, 0) is 25.6 Å². The van der Waals surface area contributed by atoms with Crippen LogP contribution in [0.5, 0.6) is 5.88 Å². The number of likely N-dealkylation sites (tertiary alicyclic amines) is 1. The van der Waals surface area contributed by atoms with Crippen LogP contribution < -0.4 is 4.74 Å². The summed E-state index contributed by atoms with van der Waals surface area (Å²) < 4.78 is 22.0. The number of hydrogen-bond acceptors (Lipinski definition) is 7. The monoisotopic (exact) mass is 499 g/mol. The number of carbonyl (C=O) groups is 1. The summed E-state index contributed by atoms with van der Waals surface area (Å²) in [7, 11) is 1.92. The molecule has 1 aliphatic heterocycles. The maximum absolute atomic E-state index is 14.2. The summed E-state index contributed by atoms with van der Waals surface area (Å²) in [5.41, 5.74) is 3.03. The van der Waals surface area contributed by atoms with E-state index in [1.807, 2.05) is 23.8 Å². The van der Waals surface area contributed by atoms with Gasteiger partial charge in [-0.2, -0.15) is 5.26 Å². The predicted molar refractivity (Wildman–Crippen MR) is 132 cm³/mol. The van der Waals surface area contributed by atoms with E-state index >= 15 is 0 Å². The highest BCUT2D eigenvalue weighted by Crippen LogP contribution is 2.63. The average molecular weight is 500 g/mol. The molecule has 1 saturated heterocycles. The van der Waals surface area contributed by atoms with E-state index in [4.69, 9.17) is 15.0 Å². The fourth-order valence-electron chi connectivity index (χ4n) is 5.92. The Morgan fingerprint density at radius 3 is 2.89 bits per heavy atom. The Balaban J connectivity index is 1.13. The highest BCUT2D eigenvalue weighted by Gasteiger charge is 2.65. The van der Waals surface area contributed by atoms with Crippen molar-refractivity contribution in [1.82, 2.24) is 29.4 Å². The lowest BCUT2D eigenvalue weighted by molar-refractivity contribution is 0.111. The van der Waals surface area contributed by atoms with Crippen molar-refractivity contribution in [3.8, 4) is 11.9 Å². The van der Waals surface area contributed by atoms with E-state index in [0.29, 0.717) is 47.4 Å². The van der Waals surface area contributed by atoms with Gasteiger partial charge in [-0.3, -0.25) is 9.69 Å². The van der Waals surface area contributed by atoms with Crippen LogP contribution >= 0.6 is 0 Å². The number of H-pyrrole nitrogens is 1. The second kappa shape index (κ2) is 8.78. The molecule has 0 bridgehead atoms. The number of nitrogens with one attached hydrogen (secondary N) is 1. The first kappa shape index (κ1) is 23.3. The minimum Gasteiger partial charge on any atom is -0.473 e. The zero-order chi connectivity index (χ0) is 25.7. The largest absolute Gasteiger partial charge is 0.473 e. The van der Waals surface area contributed by atoms with E-state index < -0.39 is 5.82 Å². The summed E-state index contributed by atoms with van der Waals surface area (Å²) >= 11 is 0. The Morgan fingerprint density at radius 2 is 2.16 bits per heavy atom. The molecule has 3 aromatic heterocycles. The summed E-state index contributed by atoms with van der Waals surface area (Å²) in [6.07, 6.45) is 1.68. The number of carbonyl (C=O) groups excluding carboxylic acids is 1. The Kier molecular flexibility index (Phi) is 5.53. The summed E-state index contributed by atoms with van der Waals surface area (Å²) in [6, 6.07) is 12.1. The van der Waals surface area contributed by atoms with Crippen LogP contribution in [0, 0.1) is 29.0 Å². The topological polar surface area (TPSA) is 113 Å². The van der Waals surface area contributed by atoms with Gasteiger partial charge in [0.25, 0.3) is 0 Å². The number of nitriles is 1. The normalized spacial score (nSPS) is 23.0. The third-order valence-electron chi connectivity index (χ3n) is 8.13. The van der Waals surface area contributed by atoms with Crippen LogP contribution in [0.25, 0.3) is 11.3 Å². The first-order valence-corrected chi connectivity index (χ1v) is 12.3. The van der Waals surface area contributed by atoms with Crippen molar-refractivity contribution in [3.63, 3.8) is 0 Å². The lowest BCUT2D eigenvalue weighted by Crippen LogP contribution is -2.36. The SMILES string of the molecule is C[C@H]1C2CN(Cc3nc4[nH]c(C=O)nc4n3C)CC[C@]21c1cccc(OCc2ccc(C#N)cc2F)n1. The minimum atomic E-state index is -0.457. The Hall–Kier alpha value is -4.10. The minimum absolute atomic E-state index is 0.0175. The van der Waals surface area contributed by atoms with Gasteiger partial charge >= 0.3 is 0 Å². The van der Waals surface area contributed by atoms with Crippen LogP contribution in [0.3, 0.4) is 0 Å². The van der Waals surface area contributed by atoms with Crippen molar-refractivity contribution in [2.24, 2.45) is 18.9 Å². The fourth-order valence-corrected chi connectivity index (χ4v) is 5.92. The highest BCUT2D eigenvalue weighted by molar-refractivity contribution is 5.77. The van der Waals surface area contributed by atoms with Crippen molar-refractivity contribution in [2.45, 2.75) is 31.9 Å². The number of imidazole rings is 2. The number of hydrogen-bond donors (Lipinski definition) is 1. The van der Waals surface area contributed by atoms with E-state index in [2.05, 4.69) is 32.8 Å². The summed E-state index contributed by atoms with van der Waals surface area (Å²) in [6.45, 7) is 4.90. The standard InChI is InChI=1S/C27H26FN7O2/c1-16-19-12-35(13-23-33-25-26(34(23)2)32-22(14-36)31-25)9-8-27(16,19)21-4-3-5-24(30-21)37-15-18-7-6-17(11-29)10-20(18)28/h3-7,10,14,16,19H,8-9,12-13,15H2,1-2H3,(H,31,32)/t16-,19?,27+/m0/s1. The van der Waals surface area contributed by atoms with E-state index in [0.717, 1.165) is 31.0 Å². The summed E-state index contributed by atoms with van der Waals surface area (Å²) in [5.74, 6) is 2.18. The number of ether oxygens (including phenoxy) is 1. The number of rotatable bonds is 7. The lowest BCUT2D eigenvalue weighted by atomic mass is 9.90. The van der Waals surface area contributed by atoms with Gasteiger partial charge in [0.05, 0.1) is 23.9 Å². The predicted octanol–water partition coefficient (Wildman–Crippen LogP) is 3.50. The second-order valence-electron chi connectivity index (χ2n) is 9.99. The molecule has 1 aliphatic carbocycles. The third-order valence-corrected chi connectivity index (χ3v) is 8.13. The summed E-state index contributed by atoms with van der Waals surface area (Å²) in [5, 5.41) is 8.93. The number of aromatic amines is 1. The Labute approximate surface area is 212 Å². The van der Waals surface area contributed by atoms with Crippen LogP contribution in [0.2, 0.25) is 0 Å². The van der Waals surface area contributed by atoms with Gasteiger partial charge in [-0.1, -0.05) is 19.1 Å². The van der Waals surface area contributed by atoms with Crippen molar-refractivity contribution < 1.29 is 13.9 Å². The van der Waals surface area contributed by atoms with Crippen molar-refractivity contribution >= 4 is 17.6 Å². The average Bonchev–Trinajstić information content (AvgIpc) is 3.17. The number of benzene rings is 1. The maximum atomic E-state index is 14.2. The molecule has 0 amide bonds. The van der Waals surface area contributed by atoms with Gasteiger partial charge in [0, 0.05) is 30.6 Å². The van der Waals surface area contributed by atoms with Gasteiger partial charge in [-0.05, 0) is 43.0 Å². The van der Waals surface area contributed by atoms with Crippen molar-refractivity contribution in [2.75, 3.05) is 13.1 Å². The molecule has 9 nitrogen and oxygen atoms in total. The molecule has 6 rings (SSSR count). The van der Waals surface area contributed by atoms with Gasteiger partial charge in [0.15, 0.2) is 23.4 Å². The number of aldehydes is 1. The molecule has 1 saturated carbocycles. The quantitative estimate of drug-likeness (QED) is 0.387. The molecule has 188 valence electrons. The van der Waals surface area contributed by atoms with E-state index in [1.54, 1.807) is 18.2 Å². The molecule has 2 fully saturated rings. The fraction of sp³-hybridized carbons (Fsp3) is 0.370. The Bertz CT molecular complexity index is 1550. The smallest absolute Gasteiger partial charge is 0.213 e. The second-order valence-corrected chi connectivity index (χ2v) is 9.99. The lowest BCUT2D eigenvalue weighted by Gasteiger charge is -2.31. The molecule has 10 heteroatoms. The number of nitrogens with zero attached hydrogens (tertiary/aromatic N) is 6. The molecule has 2 aliphatic rings. The van der Waals surface area contributed by atoms with Crippen LogP contribution in [-0.4, -0.2) is 48.8 Å². The number of fused-ring (bicyclic) bond motifs is 2. The molecule has 0 radical (unpaired) electrons. The molecule has 1 unspecified atom stereocenters. The molecule has 4 aromatic rings. The molecule has 1 N–H and O–H groups in total. The third kappa shape index (κ3) is 3.86. The maximum Gasteiger partial charge on any atom is 0.213 e. The summed E-state index contributed by atoms with van der Waals surface area (Å²) in [4.78, 5) is 30.1. The van der Waals surface area contributed by atoms with Crippen molar-refractivity contribution in [1.29, 1.82) is 5.26 Å². The van der Waals surface area contributed by atoms with Crippen LogP contribution in [0.1, 0.15) is 46.6 Å². The molecular weight excluding hydrogens is 473 g/mol. The first-order valence-electron chi connectivity index (χ1n) is 12.3. The van der Waals surface area contributed by atoms with Gasteiger partial charge in [0.2, 0.25) is 5.88 Å². The molecule has 0 spiro atoms. The van der Waals surface area contributed by atoms with Gasteiger partial charge in [0.1, 0.15) is 18.2 Å². The van der Waals surface area contributed by atoms with Crippen LogP contribution in [0.4, 0.5) is 4.39 Å². The number of piperidine rings is 1. The van der Waals surface area contributed by atoms with Crippen LogP contribution in [0.15, 0.2) is 36.4 Å². The van der Waals surface area contributed by atoms with E-state index in [-0.39, 0.29) is 23.4 Å². The number of aryl methyl sites for hydroxylation is 1. The number of pyridine rings is 1. The molecule has 4 heterocycles. The highest BCUT2D eigenvalue weighted by atomic mass is 19.1. The zero-order valence-corrected chi connectivity index (χ0v) is 20.6. The molecule has 37 heavy (non-hydrogen) atoms. The van der Waals surface area contributed by atoms with Gasteiger partial charge in [-0.15, -0.1) is 0 Å². The Morgan fingerprint density at radius 1 is 1.30 bits per heavy atom. The van der Waals surface area contributed by atoms with Gasteiger partial charge < -0.3 is 14.3 Å². The van der Waals surface area contributed by atoms with Crippen molar-refractivity contribution in [3.05, 3.63) is 70.7 Å². The van der Waals surface area contributed by atoms with E-state index in [9.17, 15) is 9.18 Å². The molecular formula is C27H26FN7O2. The number of halogens is 1. The first-order chi connectivity index (χ1) is 17.9. The molecule has 1 aromatic carbocycles. The van der Waals surface area contributed by atoms with E-state index in [1.165, 1.54) is 6.07 Å².